The zero-order chi connectivity index (χ0) is 31.4. The number of ether oxygens (including phenoxy) is 1. The van der Waals surface area contributed by atoms with E-state index < -0.39 is 64.1 Å². The number of aliphatic hydroxyl groups is 1. The molecule has 2 rings (SSSR count). The van der Waals surface area contributed by atoms with E-state index in [-0.39, 0.29) is 17.4 Å². The smallest absolute Gasteiger partial charge is 0.414 e. The van der Waals surface area contributed by atoms with Gasteiger partial charge in [0.2, 0.25) is 0 Å². The number of hydrogen-bond donors (Lipinski definition) is 1. The highest BCUT2D eigenvalue weighted by atomic mass is 35.5. The number of anilines is 1. The predicted octanol–water partition coefficient (Wildman–Crippen LogP) is 6.37. The lowest BCUT2D eigenvalue weighted by molar-refractivity contribution is -0.0915. The molecular formula is C23H22ClF8N5O3S. The number of nitrogens with zero attached hydrogens (tertiary/aromatic N) is 5. The largest absolute Gasteiger partial charge is 0.433 e. The van der Waals surface area contributed by atoms with Crippen LogP contribution in [-0.4, -0.2) is 70.7 Å². The molecule has 2 aromatic rings. The van der Waals surface area contributed by atoms with Gasteiger partial charge < -0.3 is 14.4 Å². The van der Waals surface area contributed by atoms with Crippen molar-refractivity contribution in [2.45, 2.75) is 32.0 Å². The van der Waals surface area contributed by atoms with Gasteiger partial charge in [0, 0.05) is 25.0 Å². The minimum Gasteiger partial charge on any atom is -0.414 e. The van der Waals surface area contributed by atoms with Crippen LogP contribution in [0.1, 0.15) is 6.92 Å². The van der Waals surface area contributed by atoms with Gasteiger partial charge in [-0.05, 0) is 51.4 Å². The van der Waals surface area contributed by atoms with Crippen LogP contribution in [0.25, 0.3) is 5.82 Å². The van der Waals surface area contributed by atoms with Crippen LogP contribution in [0.4, 0.5) is 45.6 Å². The van der Waals surface area contributed by atoms with E-state index in [4.69, 9.17) is 28.6 Å². The van der Waals surface area contributed by atoms with Gasteiger partial charge in [0.15, 0.2) is 16.4 Å². The summed E-state index contributed by atoms with van der Waals surface area (Å²) in [6.07, 6.45) is -10.7. The Balaban J connectivity index is 2.65. The van der Waals surface area contributed by atoms with E-state index in [1.165, 1.54) is 29.8 Å². The lowest BCUT2D eigenvalue weighted by Gasteiger charge is -2.19. The van der Waals surface area contributed by atoms with Gasteiger partial charge >= 0.3 is 18.4 Å². The Kier molecular flexibility index (Phi) is 10.9. The molecule has 0 radical (unpaired) electrons. The zero-order valence-corrected chi connectivity index (χ0v) is 23.1. The fourth-order valence-electron chi connectivity index (χ4n) is 2.85. The van der Waals surface area contributed by atoms with Crippen LogP contribution < -0.4 is 4.90 Å². The van der Waals surface area contributed by atoms with E-state index in [0.29, 0.717) is 18.1 Å². The summed E-state index contributed by atoms with van der Waals surface area (Å²) in [4.78, 5) is 17.7. The number of aliphatic hydroxyl groups excluding tert-OH is 1. The average Bonchev–Trinajstić information content (AvgIpc) is 3.21. The van der Waals surface area contributed by atoms with E-state index in [0.717, 1.165) is 29.9 Å². The van der Waals surface area contributed by atoms with Crippen molar-refractivity contribution in [1.82, 2.24) is 14.0 Å². The molecule has 1 atom stereocenters. The Morgan fingerprint density at radius 1 is 1.15 bits per heavy atom. The molecule has 1 N–H and O–H groups in total. The number of alkyl halides is 6. The van der Waals surface area contributed by atoms with Crippen molar-refractivity contribution in [1.29, 1.82) is 0 Å². The molecule has 8 nitrogen and oxygen atoms in total. The number of carbonyl (C=O) groups is 1. The molecule has 18 heteroatoms. The molecule has 0 fully saturated rings. The summed E-state index contributed by atoms with van der Waals surface area (Å²) in [5.74, 6) is -3.39. The van der Waals surface area contributed by atoms with Crippen LogP contribution in [0.15, 0.2) is 47.4 Å². The molecule has 0 saturated carbocycles. The summed E-state index contributed by atoms with van der Waals surface area (Å²) in [6.45, 7) is 0.217. The number of aliphatic imine (C=N–C) groups is 1. The second kappa shape index (κ2) is 13.1. The van der Waals surface area contributed by atoms with E-state index in [2.05, 4.69) is 4.99 Å². The number of likely N-dealkylation sites (N-methyl/N-ethyl adjacent to an activating group) is 1. The van der Waals surface area contributed by atoms with Crippen molar-refractivity contribution in [2.24, 2.45) is 4.99 Å². The highest BCUT2D eigenvalue weighted by Crippen LogP contribution is 2.30. The minimum atomic E-state index is -5.41. The lowest BCUT2D eigenvalue weighted by Crippen LogP contribution is -2.31. The molecular weight excluding hydrogens is 614 g/mol. The van der Waals surface area contributed by atoms with Crippen LogP contribution >= 0.6 is 23.8 Å². The van der Waals surface area contributed by atoms with Gasteiger partial charge in [0.25, 0.3) is 0 Å². The highest BCUT2D eigenvalue weighted by Gasteiger charge is 2.38. The van der Waals surface area contributed by atoms with E-state index in [1.54, 1.807) is 0 Å². The molecule has 1 amide bonds. The Morgan fingerprint density at radius 3 is 2.29 bits per heavy atom. The number of halogens is 9. The third-order valence-corrected chi connectivity index (χ3v) is 6.07. The molecule has 0 aliphatic carbocycles. The number of allylic oxidation sites excluding steroid dienone is 2. The van der Waals surface area contributed by atoms with Gasteiger partial charge in [-0.15, -0.1) is 0 Å². The molecule has 1 heterocycles. The Labute approximate surface area is 238 Å². The number of carbonyl (C=O) groups excluding carboxylic acids is 1. The van der Waals surface area contributed by atoms with Gasteiger partial charge in [-0.25, -0.2) is 18.6 Å². The number of imidazole rings is 1. The summed E-state index contributed by atoms with van der Waals surface area (Å²) in [7, 11) is 4.02. The Morgan fingerprint density at radius 2 is 1.76 bits per heavy atom. The first-order valence-corrected chi connectivity index (χ1v) is 11.9. The fourth-order valence-corrected chi connectivity index (χ4v) is 3.30. The van der Waals surface area contributed by atoms with Crippen molar-refractivity contribution in [3.8, 4) is 0 Å². The number of aromatic nitrogens is 2. The summed E-state index contributed by atoms with van der Waals surface area (Å²) < 4.78 is 115. The minimum absolute atomic E-state index is 0.178. The molecule has 0 spiro atoms. The van der Waals surface area contributed by atoms with Crippen molar-refractivity contribution < 1.29 is 49.8 Å². The van der Waals surface area contributed by atoms with Crippen molar-refractivity contribution in [2.75, 3.05) is 26.0 Å². The Hall–Kier alpha value is -3.28. The third kappa shape index (κ3) is 8.61. The van der Waals surface area contributed by atoms with Crippen LogP contribution in [0.5, 0.6) is 0 Å². The number of benzene rings is 1. The maximum Gasteiger partial charge on any atom is 0.433 e. The molecule has 41 heavy (non-hydrogen) atoms. The monoisotopic (exact) mass is 635 g/mol. The van der Waals surface area contributed by atoms with Crippen LogP contribution in [0.2, 0.25) is 5.02 Å². The molecule has 0 aliphatic rings. The van der Waals surface area contributed by atoms with Gasteiger partial charge in [0.1, 0.15) is 29.0 Å². The maximum absolute atomic E-state index is 14.3. The average molecular weight is 636 g/mol. The normalized spacial score (nSPS) is 14.5. The fraction of sp³-hybridized carbons (Fsp3) is 0.348. The predicted molar refractivity (Wildman–Crippen MR) is 137 cm³/mol. The van der Waals surface area contributed by atoms with Gasteiger partial charge in [0.05, 0.1) is 12.2 Å². The van der Waals surface area contributed by atoms with E-state index in [1.807, 2.05) is 0 Å². The van der Waals surface area contributed by atoms with Gasteiger partial charge in [-0.1, -0.05) is 11.6 Å². The van der Waals surface area contributed by atoms with E-state index >= 15 is 0 Å². The second-order valence-electron chi connectivity index (χ2n) is 8.48. The number of rotatable bonds is 8. The molecule has 0 aliphatic heterocycles. The lowest BCUT2D eigenvalue weighted by atomic mass is 10.2. The first-order valence-electron chi connectivity index (χ1n) is 11.1. The van der Waals surface area contributed by atoms with E-state index in [9.17, 15) is 45.0 Å². The topological polar surface area (TPSA) is 75.2 Å². The van der Waals surface area contributed by atoms with Crippen LogP contribution in [0, 0.1) is 16.4 Å². The summed E-state index contributed by atoms with van der Waals surface area (Å²) in [5, 5.41) is 9.14. The standard InChI is InChI=1S/C23H22ClF8N5O3S/c1-12(22(27,28)29)9-15(23(30,31)32)33-16(37-8-7-36(20(37)41)10-17(38)34(2)3)11-40-21(39)35(4)14-6-5-13(25)18(24)19(14)26/h5-9,11,17,38H,10H2,1-4H3/b12-9+,16-11-,33-15+. The molecule has 0 saturated heterocycles. The maximum atomic E-state index is 14.3. The van der Waals surface area contributed by atoms with Crippen molar-refractivity contribution in [3.63, 3.8) is 0 Å². The molecule has 1 aromatic heterocycles. The zero-order valence-electron chi connectivity index (χ0n) is 21.6. The van der Waals surface area contributed by atoms with Crippen molar-refractivity contribution >= 4 is 47.1 Å². The SMILES string of the molecule is C\C(=C/C(=N\C(=C\OC(=O)N(C)c1ccc(F)c(Cl)c1F)n1ccn(CC(O)N(C)C)c1=S)C(F)(F)F)C(F)(F)F. The quantitative estimate of drug-likeness (QED) is 0.0911. The van der Waals surface area contributed by atoms with Crippen LogP contribution in [0.3, 0.4) is 0 Å². The molecule has 1 aromatic carbocycles. The van der Waals surface area contributed by atoms with Gasteiger partial charge in [-0.2, -0.15) is 26.3 Å². The Bertz CT molecular complexity index is 1430. The van der Waals surface area contributed by atoms with Gasteiger partial charge in [-0.3, -0.25) is 14.4 Å². The molecule has 226 valence electrons. The summed E-state index contributed by atoms with van der Waals surface area (Å²) in [5.41, 5.74) is -4.23. The molecule has 0 bridgehead atoms. The third-order valence-electron chi connectivity index (χ3n) is 5.29. The van der Waals surface area contributed by atoms with Crippen molar-refractivity contribution in [3.05, 3.63) is 63.9 Å². The second-order valence-corrected chi connectivity index (χ2v) is 9.22. The first-order chi connectivity index (χ1) is 18.7. The molecule has 1 unspecified atom stereocenters. The summed E-state index contributed by atoms with van der Waals surface area (Å²) >= 11 is 10.7. The number of hydrogen-bond acceptors (Lipinski definition) is 6. The summed E-state index contributed by atoms with van der Waals surface area (Å²) in [6, 6.07) is 1.57. The van der Waals surface area contributed by atoms with Crippen LogP contribution in [-0.2, 0) is 11.3 Å². The highest BCUT2D eigenvalue weighted by molar-refractivity contribution is 7.71. The first kappa shape index (κ1) is 33.9. The number of amides is 1.